The molecule has 0 heterocycles. The van der Waals surface area contributed by atoms with Gasteiger partial charge in [-0.15, -0.1) is 0 Å². The minimum absolute atomic E-state index is 0.117. The van der Waals surface area contributed by atoms with E-state index in [1.165, 1.54) is 0 Å². The van der Waals surface area contributed by atoms with Crippen molar-refractivity contribution in [2.75, 3.05) is 5.33 Å². The molecular weight excluding hydrogens is 292 g/mol. The van der Waals surface area contributed by atoms with Gasteiger partial charge in [-0.3, -0.25) is 4.79 Å². The van der Waals surface area contributed by atoms with E-state index >= 15 is 0 Å². The van der Waals surface area contributed by atoms with E-state index in [9.17, 15) is 4.79 Å². The first-order chi connectivity index (χ1) is 8.77. The fraction of sp³-hybridized carbons (Fsp3) is 0.533. The lowest BCUT2D eigenvalue weighted by atomic mass is 10.1. The topological polar surface area (TPSA) is 26.3 Å². The molecule has 0 spiro atoms. The van der Waals surface area contributed by atoms with Gasteiger partial charge in [-0.25, -0.2) is 0 Å². The van der Waals surface area contributed by atoms with Gasteiger partial charge in [0.2, 0.25) is 0 Å². The fourth-order valence-electron chi connectivity index (χ4n) is 1.79. The highest BCUT2D eigenvalue weighted by molar-refractivity contribution is 9.09. The van der Waals surface area contributed by atoms with E-state index in [1.54, 1.807) is 0 Å². The molecule has 0 N–H and O–H groups in total. The number of ether oxygens (including phenoxy) is 1. The predicted molar refractivity (Wildman–Crippen MR) is 78.3 cm³/mol. The lowest BCUT2D eigenvalue weighted by Gasteiger charge is -2.09. The van der Waals surface area contributed by atoms with Gasteiger partial charge in [-0.1, -0.05) is 53.9 Å². The number of alkyl halides is 1. The van der Waals surface area contributed by atoms with Crippen LogP contribution in [0.4, 0.5) is 0 Å². The van der Waals surface area contributed by atoms with E-state index < -0.39 is 0 Å². The third-order valence-corrected chi connectivity index (χ3v) is 3.29. The smallest absolute Gasteiger partial charge is 0.311 e. The SMILES string of the molecule is CCCc1ccccc1OC(=O)CCCCCBr. The molecule has 0 fully saturated rings. The van der Waals surface area contributed by atoms with Gasteiger partial charge in [0.05, 0.1) is 0 Å². The van der Waals surface area contributed by atoms with Crippen LogP contribution in [-0.4, -0.2) is 11.3 Å². The Hall–Kier alpha value is -0.830. The molecule has 0 aliphatic rings. The summed E-state index contributed by atoms with van der Waals surface area (Å²) in [6.07, 6.45) is 5.59. The van der Waals surface area contributed by atoms with Crippen LogP contribution < -0.4 is 4.74 Å². The number of rotatable bonds is 8. The molecule has 1 aromatic rings. The highest BCUT2D eigenvalue weighted by Gasteiger charge is 2.08. The molecule has 0 bridgehead atoms. The molecule has 0 radical (unpaired) electrons. The van der Waals surface area contributed by atoms with Gasteiger partial charge in [0.25, 0.3) is 0 Å². The molecule has 0 unspecified atom stereocenters. The fourth-order valence-corrected chi connectivity index (χ4v) is 2.19. The number of hydrogen-bond donors (Lipinski definition) is 0. The Morgan fingerprint density at radius 2 is 2.00 bits per heavy atom. The van der Waals surface area contributed by atoms with Gasteiger partial charge in [0, 0.05) is 11.8 Å². The highest BCUT2D eigenvalue weighted by atomic mass is 79.9. The molecule has 1 aromatic carbocycles. The number of esters is 1. The summed E-state index contributed by atoms with van der Waals surface area (Å²) in [7, 11) is 0. The van der Waals surface area contributed by atoms with Crippen LogP contribution >= 0.6 is 15.9 Å². The zero-order valence-electron chi connectivity index (χ0n) is 11.0. The zero-order valence-corrected chi connectivity index (χ0v) is 12.5. The molecule has 0 atom stereocenters. The van der Waals surface area contributed by atoms with Crippen molar-refractivity contribution in [2.24, 2.45) is 0 Å². The normalized spacial score (nSPS) is 10.3. The summed E-state index contributed by atoms with van der Waals surface area (Å²) in [6, 6.07) is 7.79. The van der Waals surface area contributed by atoms with Crippen molar-refractivity contribution >= 4 is 21.9 Å². The van der Waals surface area contributed by atoms with Crippen LogP contribution in [0.1, 0.15) is 44.6 Å². The maximum absolute atomic E-state index is 11.7. The quantitative estimate of drug-likeness (QED) is 0.306. The van der Waals surface area contributed by atoms with Crippen LogP contribution in [0.5, 0.6) is 5.75 Å². The average Bonchev–Trinajstić information content (AvgIpc) is 2.37. The van der Waals surface area contributed by atoms with Gasteiger partial charge in [-0.2, -0.15) is 0 Å². The number of hydrogen-bond acceptors (Lipinski definition) is 2. The van der Waals surface area contributed by atoms with Crippen LogP contribution in [0, 0.1) is 0 Å². The molecule has 0 aromatic heterocycles. The first kappa shape index (κ1) is 15.2. The van der Waals surface area contributed by atoms with Gasteiger partial charge in [0.15, 0.2) is 0 Å². The zero-order chi connectivity index (χ0) is 13.2. The van der Waals surface area contributed by atoms with Crippen molar-refractivity contribution in [3.05, 3.63) is 29.8 Å². The maximum Gasteiger partial charge on any atom is 0.311 e. The van der Waals surface area contributed by atoms with Crippen LogP contribution in [0.2, 0.25) is 0 Å². The van der Waals surface area contributed by atoms with Crippen LogP contribution in [0.3, 0.4) is 0 Å². The number of carbonyl (C=O) groups is 1. The first-order valence-corrected chi connectivity index (χ1v) is 7.74. The van der Waals surface area contributed by atoms with Gasteiger partial charge >= 0.3 is 5.97 Å². The second-order valence-corrected chi connectivity index (χ2v) is 5.12. The number of para-hydroxylation sites is 1. The summed E-state index contributed by atoms with van der Waals surface area (Å²) >= 11 is 3.38. The van der Waals surface area contributed by atoms with E-state index in [2.05, 4.69) is 22.9 Å². The molecule has 3 heteroatoms. The Morgan fingerprint density at radius 1 is 1.22 bits per heavy atom. The molecular formula is C15H21BrO2. The Bertz CT molecular complexity index is 363. The van der Waals surface area contributed by atoms with Crippen molar-refractivity contribution < 1.29 is 9.53 Å². The van der Waals surface area contributed by atoms with E-state index in [0.717, 1.165) is 48.7 Å². The number of unbranched alkanes of at least 4 members (excludes halogenated alkanes) is 2. The summed E-state index contributed by atoms with van der Waals surface area (Å²) in [4.78, 5) is 11.7. The Kier molecular flexibility index (Phi) is 7.74. The van der Waals surface area contributed by atoms with Crippen molar-refractivity contribution in [3.63, 3.8) is 0 Å². The largest absolute Gasteiger partial charge is 0.426 e. The third-order valence-electron chi connectivity index (χ3n) is 2.73. The van der Waals surface area contributed by atoms with Crippen LogP contribution in [-0.2, 0) is 11.2 Å². The number of halogens is 1. The number of aryl methyl sites for hydroxylation is 1. The first-order valence-electron chi connectivity index (χ1n) is 6.62. The molecule has 0 aliphatic heterocycles. The van der Waals surface area contributed by atoms with Gasteiger partial charge in [-0.05, 0) is 30.9 Å². The Balaban J connectivity index is 2.43. The standard InChI is InChI=1S/C15H21BrO2/c1-2-8-13-9-5-6-10-14(13)18-15(17)11-4-3-7-12-16/h5-6,9-10H,2-4,7-8,11-12H2,1H3. The van der Waals surface area contributed by atoms with Crippen LogP contribution in [0.15, 0.2) is 24.3 Å². The second-order valence-electron chi connectivity index (χ2n) is 4.33. The number of benzene rings is 1. The maximum atomic E-state index is 11.7. The summed E-state index contributed by atoms with van der Waals surface area (Å²) in [6.45, 7) is 2.12. The molecule has 18 heavy (non-hydrogen) atoms. The highest BCUT2D eigenvalue weighted by Crippen LogP contribution is 2.20. The minimum Gasteiger partial charge on any atom is -0.426 e. The molecule has 2 nitrogen and oxygen atoms in total. The van der Waals surface area contributed by atoms with Crippen molar-refractivity contribution in [1.82, 2.24) is 0 Å². The molecule has 100 valence electrons. The van der Waals surface area contributed by atoms with E-state index in [0.29, 0.717) is 6.42 Å². The molecule has 0 aliphatic carbocycles. The summed E-state index contributed by atoms with van der Waals surface area (Å²) < 4.78 is 5.43. The predicted octanol–water partition coefficient (Wildman–Crippen LogP) is 4.50. The average molecular weight is 313 g/mol. The monoisotopic (exact) mass is 312 g/mol. The Labute approximate surface area is 118 Å². The van der Waals surface area contributed by atoms with Gasteiger partial charge in [0.1, 0.15) is 5.75 Å². The Morgan fingerprint density at radius 3 is 2.72 bits per heavy atom. The van der Waals surface area contributed by atoms with Crippen molar-refractivity contribution in [3.8, 4) is 5.75 Å². The summed E-state index contributed by atoms with van der Waals surface area (Å²) in [5, 5.41) is 1.00. The minimum atomic E-state index is -0.117. The third kappa shape index (κ3) is 5.67. The molecule has 0 amide bonds. The van der Waals surface area contributed by atoms with Crippen molar-refractivity contribution in [1.29, 1.82) is 0 Å². The molecule has 0 saturated carbocycles. The molecule has 1 rings (SSSR count). The summed E-state index contributed by atoms with van der Waals surface area (Å²) in [5.41, 5.74) is 1.12. The van der Waals surface area contributed by atoms with Crippen LogP contribution in [0.25, 0.3) is 0 Å². The molecule has 0 saturated heterocycles. The number of carbonyl (C=O) groups excluding carboxylic acids is 1. The van der Waals surface area contributed by atoms with E-state index in [1.807, 2.05) is 24.3 Å². The van der Waals surface area contributed by atoms with E-state index in [-0.39, 0.29) is 5.97 Å². The van der Waals surface area contributed by atoms with Crippen molar-refractivity contribution in [2.45, 2.75) is 45.4 Å². The lowest BCUT2D eigenvalue weighted by molar-refractivity contribution is -0.134. The lowest BCUT2D eigenvalue weighted by Crippen LogP contribution is -2.09. The van der Waals surface area contributed by atoms with E-state index in [4.69, 9.17) is 4.74 Å². The summed E-state index contributed by atoms with van der Waals surface area (Å²) in [5.74, 6) is 0.609. The van der Waals surface area contributed by atoms with Gasteiger partial charge < -0.3 is 4.74 Å². The second kappa shape index (κ2) is 9.15.